The molecule has 1 fully saturated rings. The van der Waals surface area contributed by atoms with Crippen molar-refractivity contribution in [3.63, 3.8) is 0 Å². The number of benzene rings is 1. The summed E-state index contributed by atoms with van der Waals surface area (Å²) in [7, 11) is 0. The third-order valence-corrected chi connectivity index (χ3v) is 4.09. The standard InChI is InChI=1S/C16H20N6O2/c1-12(23)21-8-6-13(7-9-21)19-16(24)20-14-4-2-3-5-15(14)22-11-17-10-18-22/h2-5,10-11,13H,6-9H2,1H3,(H2,19,20,24). The van der Waals surface area contributed by atoms with Crippen LogP contribution >= 0.6 is 0 Å². The molecular formula is C16H20N6O2. The topological polar surface area (TPSA) is 92.2 Å². The number of rotatable bonds is 3. The van der Waals surface area contributed by atoms with E-state index < -0.39 is 0 Å². The summed E-state index contributed by atoms with van der Waals surface area (Å²) in [6, 6.07) is 7.20. The highest BCUT2D eigenvalue weighted by Gasteiger charge is 2.22. The van der Waals surface area contributed by atoms with E-state index in [4.69, 9.17) is 0 Å². The first-order valence-corrected chi connectivity index (χ1v) is 7.90. The van der Waals surface area contributed by atoms with Crippen molar-refractivity contribution < 1.29 is 9.59 Å². The maximum absolute atomic E-state index is 12.3. The highest BCUT2D eigenvalue weighted by Crippen LogP contribution is 2.18. The molecule has 8 nitrogen and oxygen atoms in total. The Bertz CT molecular complexity index is 707. The fourth-order valence-electron chi connectivity index (χ4n) is 2.79. The van der Waals surface area contributed by atoms with Crippen molar-refractivity contribution in [2.75, 3.05) is 18.4 Å². The van der Waals surface area contributed by atoms with Crippen molar-refractivity contribution in [2.24, 2.45) is 0 Å². The normalized spacial score (nSPS) is 15.1. The molecule has 1 aliphatic heterocycles. The van der Waals surface area contributed by atoms with Gasteiger partial charge in [0.15, 0.2) is 0 Å². The maximum atomic E-state index is 12.3. The lowest BCUT2D eigenvalue weighted by molar-refractivity contribution is -0.129. The summed E-state index contributed by atoms with van der Waals surface area (Å²) >= 11 is 0. The lowest BCUT2D eigenvalue weighted by Gasteiger charge is -2.31. The molecule has 24 heavy (non-hydrogen) atoms. The number of piperidine rings is 1. The second kappa shape index (κ2) is 7.12. The molecular weight excluding hydrogens is 308 g/mol. The molecule has 2 N–H and O–H groups in total. The maximum Gasteiger partial charge on any atom is 0.319 e. The molecule has 126 valence electrons. The molecule has 1 aromatic carbocycles. The van der Waals surface area contributed by atoms with Crippen LogP contribution in [0.3, 0.4) is 0 Å². The molecule has 0 spiro atoms. The highest BCUT2D eigenvalue weighted by atomic mass is 16.2. The first-order chi connectivity index (χ1) is 11.6. The molecule has 0 bridgehead atoms. The van der Waals surface area contributed by atoms with Crippen molar-refractivity contribution in [3.8, 4) is 5.69 Å². The minimum Gasteiger partial charge on any atom is -0.343 e. The lowest BCUT2D eigenvalue weighted by Crippen LogP contribution is -2.47. The van der Waals surface area contributed by atoms with Crippen molar-refractivity contribution in [1.82, 2.24) is 25.0 Å². The number of carbonyl (C=O) groups excluding carboxylic acids is 2. The third-order valence-electron chi connectivity index (χ3n) is 4.09. The fraction of sp³-hybridized carbons (Fsp3) is 0.375. The van der Waals surface area contributed by atoms with Gasteiger partial charge in [0.2, 0.25) is 5.91 Å². The van der Waals surface area contributed by atoms with Gasteiger partial charge in [-0.3, -0.25) is 4.79 Å². The Balaban J connectivity index is 1.59. The van der Waals surface area contributed by atoms with Gasteiger partial charge in [-0.15, -0.1) is 0 Å². The summed E-state index contributed by atoms with van der Waals surface area (Å²) < 4.78 is 1.60. The molecule has 0 aliphatic carbocycles. The second-order valence-corrected chi connectivity index (χ2v) is 5.74. The van der Waals surface area contributed by atoms with Crippen LogP contribution in [0.1, 0.15) is 19.8 Å². The Kier molecular flexibility index (Phi) is 4.74. The number of hydrogen-bond acceptors (Lipinski definition) is 4. The average molecular weight is 328 g/mol. The average Bonchev–Trinajstić information content (AvgIpc) is 3.10. The van der Waals surface area contributed by atoms with Gasteiger partial charge in [-0.1, -0.05) is 12.1 Å². The molecule has 8 heteroatoms. The highest BCUT2D eigenvalue weighted by molar-refractivity contribution is 5.91. The number of aromatic nitrogens is 3. The summed E-state index contributed by atoms with van der Waals surface area (Å²) in [5.41, 5.74) is 1.40. The van der Waals surface area contributed by atoms with E-state index >= 15 is 0 Å². The van der Waals surface area contributed by atoms with Crippen molar-refractivity contribution >= 4 is 17.6 Å². The van der Waals surface area contributed by atoms with E-state index in [1.54, 1.807) is 22.8 Å². The van der Waals surface area contributed by atoms with Crippen molar-refractivity contribution in [2.45, 2.75) is 25.8 Å². The van der Waals surface area contributed by atoms with Gasteiger partial charge in [0.1, 0.15) is 12.7 Å². The van der Waals surface area contributed by atoms with Gasteiger partial charge in [0, 0.05) is 26.1 Å². The first-order valence-electron chi connectivity index (χ1n) is 7.90. The van der Waals surface area contributed by atoms with Gasteiger partial charge in [-0.25, -0.2) is 14.5 Å². The Morgan fingerprint density at radius 1 is 1.21 bits per heavy atom. The monoisotopic (exact) mass is 328 g/mol. The molecule has 0 unspecified atom stereocenters. The van der Waals surface area contributed by atoms with Crippen LogP contribution < -0.4 is 10.6 Å². The number of likely N-dealkylation sites (tertiary alicyclic amines) is 1. The molecule has 1 aromatic heterocycles. The summed E-state index contributed by atoms with van der Waals surface area (Å²) in [6.45, 7) is 2.92. The van der Waals surface area contributed by atoms with Crippen molar-refractivity contribution in [3.05, 3.63) is 36.9 Å². The van der Waals surface area contributed by atoms with E-state index in [1.165, 1.54) is 6.33 Å². The number of para-hydroxylation sites is 2. The molecule has 3 amide bonds. The molecule has 2 aromatic rings. The minimum absolute atomic E-state index is 0.0686. The Morgan fingerprint density at radius 3 is 2.62 bits per heavy atom. The van der Waals surface area contributed by atoms with Gasteiger partial charge < -0.3 is 15.5 Å². The van der Waals surface area contributed by atoms with Gasteiger partial charge >= 0.3 is 6.03 Å². The molecule has 0 radical (unpaired) electrons. The van der Waals surface area contributed by atoms with Crippen LogP contribution in [0.4, 0.5) is 10.5 Å². The Morgan fingerprint density at radius 2 is 1.96 bits per heavy atom. The minimum atomic E-state index is -0.260. The molecule has 1 aliphatic rings. The van der Waals surface area contributed by atoms with E-state index in [0.717, 1.165) is 18.5 Å². The molecule has 0 atom stereocenters. The summed E-state index contributed by atoms with van der Waals surface area (Å²) in [5.74, 6) is 0.0830. The zero-order valence-electron chi connectivity index (χ0n) is 13.5. The number of hydrogen-bond donors (Lipinski definition) is 2. The summed E-state index contributed by atoms with van der Waals surface area (Å²) in [6.07, 6.45) is 4.55. The quantitative estimate of drug-likeness (QED) is 0.891. The zero-order chi connectivity index (χ0) is 16.9. The fourth-order valence-corrected chi connectivity index (χ4v) is 2.79. The smallest absolute Gasteiger partial charge is 0.319 e. The third kappa shape index (κ3) is 3.70. The first kappa shape index (κ1) is 16.0. The number of anilines is 1. The molecule has 3 rings (SSSR count). The van der Waals surface area contributed by atoms with Gasteiger partial charge in [0.25, 0.3) is 0 Å². The van der Waals surface area contributed by atoms with Gasteiger partial charge in [-0.2, -0.15) is 5.10 Å². The van der Waals surface area contributed by atoms with E-state index in [1.807, 2.05) is 24.3 Å². The zero-order valence-corrected chi connectivity index (χ0v) is 13.5. The van der Waals surface area contributed by atoms with E-state index in [0.29, 0.717) is 18.8 Å². The number of urea groups is 1. The number of carbonyl (C=O) groups is 2. The van der Waals surface area contributed by atoms with E-state index in [-0.39, 0.29) is 18.0 Å². The van der Waals surface area contributed by atoms with E-state index in [9.17, 15) is 9.59 Å². The van der Waals surface area contributed by atoms with Crippen LogP contribution in [0.15, 0.2) is 36.9 Å². The summed E-state index contributed by atoms with van der Waals surface area (Å²) in [4.78, 5) is 29.3. The summed E-state index contributed by atoms with van der Waals surface area (Å²) in [5, 5.41) is 9.92. The van der Waals surface area contributed by atoms with Crippen LogP contribution in [-0.4, -0.2) is 50.7 Å². The number of nitrogens with one attached hydrogen (secondary N) is 2. The predicted molar refractivity (Wildman–Crippen MR) is 88.8 cm³/mol. The lowest BCUT2D eigenvalue weighted by atomic mass is 10.1. The van der Waals surface area contributed by atoms with Crippen LogP contribution in [0.2, 0.25) is 0 Å². The SMILES string of the molecule is CC(=O)N1CCC(NC(=O)Nc2ccccc2-n2cncn2)CC1. The van der Waals surface area contributed by atoms with Crippen molar-refractivity contribution in [1.29, 1.82) is 0 Å². The largest absolute Gasteiger partial charge is 0.343 e. The predicted octanol–water partition coefficient (Wildman–Crippen LogP) is 1.40. The van der Waals surface area contributed by atoms with Gasteiger partial charge in [0.05, 0.1) is 11.4 Å². The van der Waals surface area contributed by atoms with Crippen LogP contribution in [0.25, 0.3) is 5.69 Å². The number of amides is 3. The Labute approximate surface area is 139 Å². The number of nitrogens with zero attached hydrogens (tertiary/aromatic N) is 4. The van der Waals surface area contributed by atoms with E-state index in [2.05, 4.69) is 20.7 Å². The molecule has 2 heterocycles. The van der Waals surface area contributed by atoms with Crippen LogP contribution in [0, 0.1) is 0 Å². The van der Waals surface area contributed by atoms with Gasteiger partial charge in [-0.05, 0) is 25.0 Å². The second-order valence-electron chi connectivity index (χ2n) is 5.74. The van der Waals surface area contributed by atoms with Crippen LogP contribution in [0.5, 0.6) is 0 Å². The van der Waals surface area contributed by atoms with Crippen LogP contribution in [-0.2, 0) is 4.79 Å². The molecule has 1 saturated heterocycles. The molecule has 0 saturated carbocycles. The Hall–Kier alpha value is -2.90.